The van der Waals surface area contributed by atoms with Crippen LogP contribution in [0.5, 0.6) is 11.5 Å². The molecule has 0 saturated carbocycles. The molecule has 1 aromatic carbocycles. The van der Waals surface area contributed by atoms with Gasteiger partial charge in [0, 0.05) is 24.9 Å². The summed E-state index contributed by atoms with van der Waals surface area (Å²) in [5.41, 5.74) is 1.83. The molecule has 0 saturated heterocycles. The normalized spacial score (nSPS) is 13.0. The molecule has 0 spiro atoms. The van der Waals surface area contributed by atoms with Gasteiger partial charge in [0.2, 0.25) is 0 Å². The predicted molar refractivity (Wildman–Crippen MR) is 78.2 cm³/mol. The van der Waals surface area contributed by atoms with Gasteiger partial charge in [-0.25, -0.2) is 4.79 Å². The van der Waals surface area contributed by atoms with Gasteiger partial charge in [-0.2, -0.15) is 0 Å². The zero-order valence-electron chi connectivity index (χ0n) is 11.9. The predicted octanol–water partition coefficient (Wildman–Crippen LogP) is 2.22. The second kappa shape index (κ2) is 5.47. The molecule has 2 aromatic rings. The molecule has 0 amide bonds. The van der Waals surface area contributed by atoms with Crippen molar-refractivity contribution in [2.75, 3.05) is 32.2 Å². The standard InChI is InChI=1S/C15H16N2O4/c1-3-20-15(18)10-8-17-11-6-9(19-2)7-12-13(11)14(10)16-4-5-21-12/h6-8,16H,3-5H2,1-2H3. The summed E-state index contributed by atoms with van der Waals surface area (Å²) in [6, 6.07) is 3.61. The van der Waals surface area contributed by atoms with E-state index in [0.717, 1.165) is 5.39 Å². The fourth-order valence-corrected chi connectivity index (χ4v) is 2.38. The number of methoxy groups -OCH3 is 1. The maximum absolute atomic E-state index is 12.1. The van der Waals surface area contributed by atoms with Crippen molar-refractivity contribution >= 4 is 22.6 Å². The minimum atomic E-state index is -0.391. The smallest absolute Gasteiger partial charge is 0.341 e. The Morgan fingerprint density at radius 2 is 2.33 bits per heavy atom. The summed E-state index contributed by atoms with van der Waals surface area (Å²) in [6.45, 7) is 3.20. The molecule has 0 bridgehead atoms. The third-order valence-electron chi connectivity index (χ3n) is 3.30. The number of ether oxygens (including phenoxy) is 3. The van der Waals surface area contributed by atoms with Gasteiger partial charge in [-0.15, -0.1) is 0 Å². The van der Waals surface area contributed by atoms with Crippen LogP contribution in [-0.2, 0) is 4.74 Å². The largest absolute Gasteiger partial charge is 0.497 e. The molecule has 6 nitrogen and oxygen atoms in total. The molecular weight excluding hydrogens is 272 g/mol. The van der Waals surface area contributed by atoms with E-state index in [2.05, 4.69) is 10.3 Å². The molecule has 0 aliphatic carbocycles. The Balaban J connectivity index is 2.25. The number of esters is 1. The molecule has 6 heteroatoms. The average molecular weight is 288 g/mol. The summed E-state index contributed by atoms with van der Waals surface area (Å²) >= 11 is 0. The van der Waals surface area contributed by atoms with Crippen molar-refractivity contribution in [2.45, 2.75) is 6.92 Å². The van der Waals surface area contributed by atoms with Crippen LogP contribution in [0.15, 0.2) is 18.3 Å². The Hall–Kier alpha value is -2.50. The molecule has 0 fully saturated rings. The van der Waals surface area contributed by atoms with E-state index in [0.29, 0.717) is 48.0 Å². The summed E-state index contributed by atoms with van der Waals surface area (Å²) in [6.07, 6.45) is 1.52. The van der Waals surface area contributed by atoms with Crippen LogP contribution < -0.4 is 14.8 Å². The number of anilines is 1. The molecule has 0 unspecified atom stereocenters. The quantitative estimate of drug-likeness (QED) is 0.873. The Labute approximate surface area is 122 Å². The number of hydrogen-bond acceptors (Lipinski definition) is 6. The first-order valence-electron chi connectivity index (χ1n) is 6.79. The minimum Gasteiger partial charge on any atom is -0.497 e. The summed E-state index contributed by atoms with van der Waals surface area (Å²) in [5, 5.41) is 4.00. The van der Waals surface area contributed by atoms with Gasteiger partial charge >= 0.3 is 5.97 Å². The van der Waals surface area contributed by atoms with Crippen molar-refractivity contribution in [1.82, 2.24) is 4.98 Å². The summed E-state index contributed by atoms with van der Waals surface area (Å²) in [7, 11) is 1.59. The van der Waals surface area contributed by atoms with Gasteiger partial charge in [0.1, 0.15) is 23.7 Å². The molecule has 2 heterocycles. The van der Waals surface area contributed by atoms with E-state index in [4.69, 9.17) is 14.2 Å². The number of nitrogens with one attached hydrogen (secondary N) is 1. The van der Waals surface area contributed by atoms with Crippen LogP contribution in [0.2, 0.25) is 0 Å². The SMILES string of the molecule is CCOC(=O)c1cnc2cc(OC)cc3c2c1NCCO3. The van der Waals surface area contributed by atoms with E-state index in [1.807, 2.05) is 6.07 Å². The lowest BCUT2D eigenvalue weighted by Crippen LogP contribution is -2.12. The lowest BCUT2D eigenvalue weighted by molar-refractivity contribution is 0.0527. The monoisotopic (exact) mass is 288 g/mol. The van der Waals surface area contributed by atoms with Crippen LogP contribution in [0.25, 0.3) is 10.9 Å². The lowest BCUT2D eigenvalue weighted by atomic mass is 10.1. The third kappa shape index (κ3) is 2.33. The molecule has 0 radical (unpaired) electrons. The number of aromatic nitrogens is 1. The Morgan fingerprint density at radius 3 is 3.10 bits per heavy atom. The number of benzene rings is 1. The Bertz CT molecular complexity index is 700. The maximum Gasteiger partial charge on any atom is 0.341 e. The van der Waals surface area contributed by atoms with Gasteiger partial charge in [0.25, 0.3) is 0 Å². The van der Waals surface area contributed by atoms with E-state index >= 15 is 0 Å². The van der Waals surface area contributed by atoms with Crippen molar-refractivity contribution in [3.63, 3.8) is 0 Å². The molecule has 110 valence electrons. The van der Waals surface area contributed by atoms with Crippen LogP contribution >= 0.6 is 0 Å². The molecule has 3 rings (SSSR count). The topological polar surface area (TPSA) is 69.7 Å². The van der Waals surface area contributed by atoms with Crippen molar-refractivity contribution in [3.8, 4) is 11.5 Å². The Kier molecular flexibility index (Phi) is 3.51. The summed E-state index contributed by atoms with van der Waals surface area (Å²) in [5.74, 6) is 0.933. The van der Waals surface area contributed by atoms with Crippen molar-refractivity contribution < 1.29 is 19.0 Å². The Morgan fingerprint density at radius 1 is 1.48 bits per heavy atom. The zero-order chi connectivity index (χ0) is 14.8. The van der Waals surface area contributed by atoms with Crippen molar-refractivity contribution in [2.24, 2.45) is 0 Å². The number of pyridine rings is 1. The van der Waals surface area contributed by atoms with Gasteiger partial charge < -0.3 is 19.5 Å². The average Bonchev–Trinajstić information content (AvgIpc) is 2.71. The van der Waals surface area contributed by atoms with Gasteiger partial charge in [0.05, 0.1) is 30.3 Å². The maximum atomic E-state index is 12.1. The van der Waals surface area contributed by atoms with Crippen LogP contribution in [0.4, 0.5) is 5.69 Å². The van der Waals surface area contributed by atoms with Gasteiger partial charge in [-0.05, 0) is 6.92 Å². The minimum absolute atomic E-state index is 0.322. The van der Waals surface area contributed by atoms with Gasteiger partial charge in [-0.1, -0.05) is 0 Å². The van der Waals surface area contributed by atoms with E-state index in [1.54, 1.807) is 20.1 Å². The first-order chi connectivity index (χ1) is 10.2. The number of carbonyl (C=O) groups is 1. The highest BCUT2D eigenvalue weighted by Gasteiger charge is 2.21. The lowest BCUT2D eigenvalue weighted by Gasteiger charge is -2.13. The highest BCUT2D eigenvalue weighted by molar-refractivity contribution is 6.07. The van der Waals surface area contributed by atoms with Crippen LogP contribution in [-0.4, -0.2) is 37.8 Å². The summed E-state index contributed by atoms with van der Waals surface area (Å²) in [4.78, 5) is 16.4. The molecule has 1 aromatic heterocycles. The van der Waals surface area contributed by atoms with Crippen LogP contribution in [0.3, 0.4) is 0 Å². The fourth-order valence-electron chi connectivity index (χ4n) is 2.38. The molecule has 1 aliphatic heterocycles. The molecule has 21 heavy (non-hydrogen) atoms. The van der Waals surface area contributed by atoms with E-state index < -0.39 is 5.97 Å². The molecule has 1 aliphatic rings. The fraction of sp³-hybridized carbons (Fsp3) is 0.333. The number of rotatable bonds is 3. The van der Waals surface area contributed by atoms with E-state index in [9.17, 15) is 4.79 Å². The van der Waals surface area contributed by atoms with Crippen molar-refractivity contribution in [1.29, 1.82) is 0 Å². The first-order valence-corrected chi connectivity index (χ1v) is 6.79. The van der Waals surface area contributed by atoms with Crippen molar-refractivity contribution in [3.05, 3.63) is 23.9 Å². The zero-order valence-corrected chi connectivity index (χ0v) is 11.9. The second-order valence-corrected chi connectivity index (χ2v) is 4.56. The van der Waals surface area contributed by atoms with Gasteiger partial charge in [-0.3, -0.25) is 4.98 Å². The van der Waals surface area contributed by atoms with E-state index in [1.165, 1.54) is 6.20 Å². The molecule has 0 atom stereocenters. The highest BCUT2D eigenvalue weighted by atomic mass is 16.5. The number of hydrogen-bond donors (Lipinski definition) is 1. The highest BCUT2D eigenvalue weighted by Crippen LogP contribution is 2.38. The van der Waals surface area contributed by atoms with Crippen LogP contribution in [0.1, 0.15) is 17.3 Å². The number of carbonyl (C=O) groups excluding carboxylic acids is 1. The van der Waals surface area contributed by atoms with E-state index in [-0.39, 0.29) is 0 Å². The van der Waals surface area contributed by atoms with Gasteiger partial charge in [0.15, 0.2) is 0 Å². The number of nitrogens with zero attached hydrogens (tertiary/aromatic N) is 1. The summed E-state index contributed by atoms with van der Waals surface area (Å²) < 4.78 is 16.1. The molecule has 1 N–H and O–H groups in total. The first kappa shape index (κ1) is 13.5. The van der Waals surface area contributed by atoms with Crippen LogP contribution in [0, 0.1) is 0 Å². The second-order valence-electron chi connectivity index (χ2n) is 4.56. The molecular formula is C15H16N2O4. The third-order valence-corrected chi connectivity index (χ3v) is 3.30.